The van der Waals surface area contributed by atoms with Crippen LogP contribution in [0.2, 0.25) is 0 Å². The largest absolute Gasteiger partial charge is 0.380 e. The van der Waals surface area contributed by atoms with Crippen molar-refractivity contribution in [1.82, 2.24) is 4.98 Å². The number of hydrogen-bond donors (Lipinski definition) is 1. The Kier molecular flexibility index (Phi) is 5.43. The van der Waals surface area contributed by atoms with Crippen molar-refractivity contribution in [2.45, 2.75) is 68.0 Å². The molecule has 1 heterocycles. The molecule has 4 nitrogen and oxygen atoms in total. The molecule has 6 heteroatoms. The van der Waals surface area contributed by atoms with Crippen LogP contribution in [0.15, 0.2) is 23.4 Å². The Labute approximate surface area is 138 Å². The zero-order chi connectivity index (χ0) is 16.4. The van der Waals surface area contributed by atoms with Gasteiger partial charge >= 0.3 is 0 Å². The van der Waals surface area contributed by atoms with Gasteiger partial charge in [0.15, 0.2) is 14.9 Å². The highest BCUT2D eigenvalue weighted by molar-refractivity contribution is 7.99. The maximum atomic E-state index is 12.4. The highest BCUT2D eigenvalue weighted by Crippen LogP contribution is 2.32. The predicted molar refractivity (Wildman–Crippen MR) is 94.4 cm³/mol. The molecule has 0 spiro atoms. The fraction of sp³-hybridized carbons (Fsp3) is 0.688. The molecule has 0 aliphatic heterocycles. The number of hydrogen-bond acceptors (Lipinski definition) is 5. The van der Waals surface area contributed by atoms with Crippen LogP contribution in [0.4, 0.5) is 5.69 Å². The Hall–Kier alpha value is -0.750. The van der Waals surface area contributed by atoms with Gasteiger partial charge in [-0.2, -0.15) is 11.8 Å². The van der Waals surface area contributed by atoms with E-state index in [4.69, 9.17) is 0 Å². The maximum absolute atomic E-state index is 12.4. The molecular weight excluding hydrogens is 316 g/mol. The van der Waals surface area contributed by atoms with Gasteiger partial charge in [-0.05, 0) is 51.5 Å². The van der Waals surface area contributed by atoms with Crippen LogP contribution in [0.1, 0.15) is 47.0 Å². The van der Waals surface area contributed by atoms with Crippen molar-refractivity contribution in [1.29, 1.82) is 0 Å². The molecule has 1 aromatic rings. The number of anilines is 1. The van der Waals surface area contributed by atoms with Crippen molar-refractivity contribution in [3.63, 3.8) is 0 Å². The zero-order valence-electron chi connectivity index (χ0n) is 13.8. The minimum atomic E-state index is -3.38. The normalized spacial score (nSPS) is 22.7. The van der Waals surface area contributed by atoms with Crippen LogP contribution in [-0.4, -0.2) is 35.2 Å². The number of thioether (sulfide) groups is 1. The summed E-state index contributed by atoms with van der Waals surface area (Å²) in [4.78, 5) is 4.17. The highest BCUT2D eigenvalue weighted by Gasteiger charge is 2.32. The molecule has 1 fully saturated rings. The van der Waals surface area contributed by atoms with E-state index < -0.39 is 14.6 Å². The molecule has 1 aliphatic carbocycles. The number of pyridine rings is 1. The molecule has 1 aliphatic rings. The van der Waals surface area contributed by atoms with Gasteiger partial charge < -0.3 is 5.32 Å². The van der Waals surface area contributed by atoms with Crippen molar-refractivity contribution in [2.24, 2.45) is 0 Å². The molecule has 0 saturated heterocycles. The number of rotatable bonds is 5. The molecule has 2 rings (SSSR count). The molecule has 1 N–H and O–H groups in total. The van der Waals surface area contributed by atoms with Crippen LogP contribution in [0.25, 0.3) is 0 Å². The van der Waals surface area contributed by atoms with Gasteiger partial charge in [0, 0.05) is 11.3 Å². The van der Waals surface area contributed by atoms with Gasteiger partial charge in [-0.25, -0.2) is 13.4 Å². The second-order valence-electron chi connectivity index (χ2n) is 6.68. The average molecular weight is 343 g/mol. The van der Waals surface area contributed by atoms with E-state index in [1.54, 1.807) is 33.0 Å². The Balaban J connectivity index is 2.10. The average Bonchev–Trinajstić information content (AvgIpc) is 2.86. The maximum Gasteiger partial charge on any atom is 0.200 e. The monoisotopic (exact) mass is 342 g/mol. The van der Waals surface area contributed by atoms with E-state index in [9.17, 15) is 8.42 Å². The first-order valence-electron chi connectivity index (χ1n) is 7.84. The van der Waals surface area contributed by atoms with E-state index >= 15 is 0 Å². The van der Waals surface area contributed by atoms with Crippen LogP contribution in [0, 0.1) is 0 Å². The molecule has 2 unspecified atom stereocenters. The lowest BCUT2D eigenvalue weighted by Crippen LogP contribution is -2.29. The molecule has 1 saturated carbocycles. The lowest BCUT2D eigenvalue weighted by Gasteiger charge is -2.22. The summed E-state index contributed by atoms with van der Waals surface area (Å²) in [5, 5.41) is 4.31. The molecular formula is C16H26N2O2S2. The molecule has 0 aromatic carbocycles. The van der Waals surface area contributed by atoms with Crippen molar-refractivity contribution in [3.8, 4) is 0 Å². The fourth-order valence-electron chi connectivity index (χ4n) is 2.66. The van der Waals surface area contributed by atoms with Crippen LogP contribution >= 0.6 is 11.8 Å². The minimum absolute atomic E-state index is 0.149. The quantitative estimate of drug-likeness (QED) is 0.883. The molecule has 22 heavy (non-hydrogen) atoms. The summed E-state index contributed by atoms with van der Waals surface area (Å²) < 4.78 is 23.9. The van der Waals surface area contributed by atoms with Crippen LogP contribution in [0.3, 0.4) is 0 Å². The second kappa shape index (κ2) is 6.79. The third-order valence-corrected chi connectivity index (χ3v) is 7.73. The van der Waals surface area contributed by atoms with Crippen molar-refractivity contribution in [2.75, 3.05) is 11.1 Å². The van der Waals surface area contributed by atoms with E-state index in [0.29, 0.717) is 11.3 Å². The predicted octanol–water partition coefficient (Wildman–Crippen LogP) is 3.74. The fourth-order valence-corrected chi connectivity index (χ4v) is 4.92. The number of nitrogens with zero attached hydrogens (tertiary/aromatic N) is 1. The van der Waals surface area contributed by atoms with E-state index in [1.165, 1.54) is 19.3 Å². The molecule has 2 atom stereocenters. The molecule has 124 valence electrons. The second-order valence-corrected chi connectivity index (χ2v) is 10.8. The summed E-state index contributed by atoms with van der Waals surface area (Å²) in [5.41, 5.74) is 0.904. The number of nitrogens with one attached hydrogen (secondary N) is 1. The Morgan fingerprint density at radius 1 is 1.32 bits per heavy atom. The van der Waals surface area contributed by atoms with Gasteiger partial charge in [0.1, 0.15) is 0 Å². The van der Waals surface area contributed by atoms with Gasteiger partial charge in [-0.3, -0.25) is 0 Å². The molecule has 0 amide bonds. The smallest absolute Gasteiger partial charge is 0.200 e. The van der Waals surface area contributed by atoms with Gasteiger partial charge in [-0.15, -0.1) is 0 Å². The first-order valence-corrected chi connectivity index (χ1v) is 10.4. The van der Waals surface area contributed by atoms with Gasteiger partial charge in [-0.1, -0.05) is 13.3 Å². The van der Waals surface area contributed by atoms with Crippen molar-refractivity contribution < 1.29 is 8.42 Å². The Morgan fingerprint density at radius 2 is 2.05 bits per heavy atom. The lowest BCUT2D eigenvalue weighted by molar-refractivity contribution is 0.556. The Morgan fingerprint density at radius 3 is 2.59 bits per heavy atom. The SMILES string of the molecule is CCSC1CCCC1Nc1ccc(S(=O)(=O)C(C)(C)C)nc1. The summed E-state index contributed by atoms with van der Waals surface area (Å²) in [6, 6.07) is 3.90. The lowest BCUT2D eigenvalue weighted by atomic mass is 10.2. The topological polar surface area (TPSA) is 59.1 Å². The van der Waals surface area contributed by atoms with Crippen molar-refractivity contribution >= 4 is 27.3 Å². The summed E-state index contributed by atoms with van der Waals surface area (Å²) >= 11 is 2.00. The Bertz CT molecular complexity index is 592. The number of sulfone groups is 1. The molecule has 1 aromatic heterocycles. The van der Waals surface area contributed by atoms with E-state index in [-0.39, 0.29) is 5.03 Å². The summed E-state index contributed by atoms with van der Waals surface area (Å²) in [5.74, 6) is 1.13. The van der Waals surface area contributed by atoms with Gasteiger partial charge in [0.25, 0.3) is 0 Å². The third-order valence-electron chi connectivity index (χ3n) is 4.00. The zero-order valence-corrected chi connectivity index (χ0v) is 15.4. The first kappa shape index (κ1) is 17.6. The minimum Gasteiger partial charge on any atom is -0.380 e. The van der Waals surface area contributed by atoms with Gasteiger partial charge in [0.05, 0.1) is 16.6 Å². The van der Waals surface area contributed by atoms with Crippen LogP contribution in [0.5, 0.6) is 0 Å². The van der Waals surface area contributed by atoms with Crippen molar-refractivity contribution in [3.05, 3.63) is 18.3 Å². The standard InChI is InChI=1S/C16H26N2O2S2/c1-5-21-14-8-6-7-13(14)18-12-9-10-15(17-11-12)22(19,20)16(2,3)4/h9-11,13-14,18H,5-8H2,1-4H3. The van der Waals surface area contributed by atoms with Crippen LogP contribution < -0.4 is 5.32 Å². The van der Waals surface area contributed by atoms with Crippen LogP contribution in [-0.2, 0) is 9.84 Å². The van der Waals surface area contributed by atoms with E-state index in [1.807, 2.05) is 17.8 Å². The number of aromatic nitrogens is 1. The summed E-state index contributed by atoms with van der Waals surface area (Å²) in [7, 11) is -3.38. The van der Waals surface area contributed by atoms with E-state index in [0.717, 1.165) is 11.4 Å². The first-order chi connectivity index (χ1) is 10.3. The van der Waals surface area contributed by atoms with Gasteiger partial charge in [0.2, 0.25) is 0 Å². The molecule has 0 bridgehead atoms. The third kappa shape index (κ3) is 3.77. The summed E-state index contributed by atoms with van der Waals surface area (Å²) in [6.45, 7) is 7.28. The summed E-state index contributed by atoms with van der Waals surface area (Å²) in [6.07, 6.45) is 5.31. The van der Waals surface area contributed by atoms with E-state index in [2.05, 4.69) is 17.2 Å². The highest BCUT2D eigenvalue weighted by atomic mass is 32.2. The molecule has 0 radical (unpaired) electrons.